The molecule has 0 saturated heterocycles. The van der Waals surface area contributed by atoms with Gasteiger partial charge in [0.2, 0.25) is 5.91 Å². The predicted molar refractivity (Wildman–Crippen MR) is 119 cm³/mol. The molecule has 0 aliphatic heterocycles. The molecule has 4 rings (SSSR count). The maximum Gasteiger partial charge on any atom is 0.407 e. The molecular weight excluding hydrogens is 408 g/mol. The first-order chi connectivity index (χ1) is 15.3. The number of fused-ring (bicyclic) bond motifs is 3. The first-order valence-electron chi connectivity index (χ1n) is 10.9. The number of carbonyl (C=O) groups is 3. The third kappa shape index (κ3) is 4.47. The van der Waals surface area contributed by atoms with E-state index in [1.807, 2.05) is 24.3 Å². The number of carbonyl (C=O) groups excluding carboxylic acids is 2. The molecule has 2 aromatic carbocycles. The summed E-state index contributed by atoms with van der Waals surface area (Å²) in [7, 11) is 0. The van der Waals surface area contributed by atoms with E-state index in [9.17, 15) is 19.5 Å². The van der Waals surface area contributed by atoms with Crippen LogP contribution in [0.25, 0.3) is 11.1 Å². The standard InChI is InChI=1S/C25H28N2O5/c1-15(2)22(23(29)30)26-21(28)13-25(11-12-25)27-24(31)32-14-20-18-9-5-3-7-16(18)17-8-4-6-10-19(17)20/h3-10,15,20,22H,11-14H2,1-2H3,(H,26,28)(H,27,31)(H,29,30)/t22-/m1/s1. The van der Waals surface area contributed by atoms with E-state index in [-0.39, 0.29) is 30.8 Å². The van der Waals surface area contributed by atoms with Crippen LogP contribution in [0.1, 0.15) is 50.2 Å². The summed E-state index contributed by atoms with van der Waals surface area (Å²) in [4.78, 5) is 36.2. The second-order valence-corrected chi connectivity index (χ2v) is 9.04. The molecule has 0 heterocycles. The van der Waals surface area contributed by atoms with Gasteiger partial charge in [-0.15, -0.1) is 0 Å². The number of benzene rings is 2. The Balaban J connectivity index is 1.35. The molecule has 1 atom stereocenters. The SMILES string of the molecule is CC(C)[C@@H](NC(=O)CC1(NC(=O)OCC2c3ccccc3-c3ccccc32)CC1)C(=O)O. The number of hydrogen-bond acceptors (Lipinski definition) is 4. The zero-order valence-corrected chi connectivity index (χ0v) is 18.3. The Labute approximate surface area is 187 Å². The highest BCUT2D eigenvalue weighted by atomic mass is 16.5. The highest BCUT2D eigenvalue weighted by molar-refractivity contribution is 5.85. The average molecular weight is 437 g/mol. The van der Waals surface area contributed by atoms with Crippen LogP contribution in [-0.4, -0.2) is 41.3 Å². The monoisotopic (exact) mass is 436 g/mol. The summed E-state index contributed by atoms with van der Waals surface area (Å²) in [6.07, 6.45) is 0.790. The van der Waals surface area contributed by atoms with Crippen LogP contribution in [-0.2, 0) is 14.3 Å². The third-order valence-corrected chi connectivity index (χ3v) is 6.31. The fourth-order valence-corrected chi connectivity index (χ4v) is 4.39. The molecule has 2 aromatic rings. The topological polar surface area (TPSA) is 105 Å². The molecule has 2 aliphatic rings. The van der Waals surface area contributed by atoms with Gasteiger partial charge in [-0.25, -0.2) is 9.59 Å². The van der Waals surface area contributed by atoms with Crippen molar-refractivity contribution in [2.45, 2.75) is 50.6 Å². The zero-order valence-electron chi connectivity index (χ0n) is 18.3. The number of nitrogens with one attached hydrogen (secondary N) is 2. The van der Waals surface area contributed by atoms with Crippen molar-refractivity contribution in [2.24, 2.45) is 5.92 Å². The van der Waals surface area contributed by atoms with Crippen molar-refractivity contribution in [1.29, 1.82) is 0 Å². The van der Waals surface area contributed by atoms with Gasteiger partial charge in [0.25, 0.3) is 0 Å². The number of alkyl carbamates (subject to hydrolysis) is 1. The van der Waals surface area contributed by atoms with E-state index in [1.165, 1.54) is 0 Å². The molecule has 0 bridgehead atoms. The van der Waals surface area contributed by atoms with Gasteiger partial charge in [0.1, 0.15) is 12.6 Å². The Morgan fingerprint density at radius 2 is 1.59 bits per heavy atom. The van der Waals surface area contributed by atoms with E-state index in [4.69, 9.17) is 4.74 Å². The summed E-state index contributed by atoms with van der Waals surface area (Å²) in [5.74, 6) is -1.72. The van der Waals surface area contributed by atoms with Crippen molar-refractivity contribution in [3.05, 3.63) is 59.7 Å². The van der Waals surface area contributed by atoms with Gasteiger partial charge in [-0.1, -0.05) is 62.4 Å². The van der Waals surface area contributed by atoms with Crippen LogP contribution in [0.5, 0.6) is 0 Å². The summed E-state index contributed by atoms with van der Waals surface area (Å²) < 4.78 is 5.58. The van der Waals surface area contributed by atoms with Crippen LogP contribution < -0.4 is 10.6 Å². The number of rotatable bonds is 8. The van der Waals surface area contributed by atoms with Gasteiger partial charge in [-0.2, -0.15) is 0 Å². The predicted octanol–water partition coefficient (Wildman–Crippen LogP) is 3.67. The minimum atomic E-state index is -1.07. The van der Waals surface area contributed by atoms with Crippen molar-refractivity contribution in [3.63, 3.8) is 0 Å². The molecule has 7 heteroatoms. The quantitative estimate of drug-likeness (QED) is 0.586. The molecule has 0 unspecified atom stereocenters. The summed E-state index contributed by atoms with van der Waals surface area (Å²) in [6, 6.07) is 15.3. The molecule has 168 valence electrons. The van der Waals surface area contributed by atoms with Gasteiger partial charge >= 0.3 is 12.1 Å². The number of carboxylic acids is 1. The summed E-state index contributed by atoms with van der Waals surface area (Å²) in [6.45, 7) is 3.68. The molecule has 2 amide bonds. The number of hydrogen-bond donors (Lipinski definition) is 3. The van der Waals surface area contributed by atoms with Crippen molar-refractivity contribution in [2.75, 3.05) is 6.61 Å². The Hall–Kier alpha value is -3.35. The minimum Gasteiger partial charge on any atom is -0.480 e. The molecule has 3 N–H and O–H groups in total. The van der Waals surface area contributed by atoms with E-state index in [1.54, 1.807) is 13.8 Å². The molecule has 1 saturated carbocycles. The summed E-state index contributed by atoms with van der Waals surface area (Å²) in [5, 5.41) is 14.6. The lowest BCUT2D eigenvalue weighted by molar-refractivity contribution is -0.143. The maximum absolute atomic E-state index is 12.5. The van der Waals surface area contributed by atoms with Gasteiger partial charge in [-0.05, 0) is 41.0 Å². The van der Waals surface area contributed by atoms with E-state index in [2.05, 4.69) is 34.9 Å². The van der Waals surface area contributed by atoms with Crippen LogP contribution >= 0.6 is 0 Å². The number of carboxylic acid groups (broad SMARTS) is 1. The smallest absolute Gasteiger partial charge is 0.407 e. The Morgan fingerprint density at radius 1 is 1.03 bits per heavy atom. The van der Waals surface area contributed by atoms with E-state index in [0.717, 1.165) is 22.3 Å². The van der Waals surface area contributed by atoms with E-state index >= 15 is 0 Å². The van der Waals surface area contributed by atoms with Gasteiger partial charge in [0, 0.05) is 12.3 Å². The fourth-order valence-electron chi connectivity index (χ4n) is 4.39. The van der Waals surface area contributed by atoms with E-state index in [0.29, 0.717) is 12.8 Å². The first-order valence-corrected chi connectivity index (χ1v) is 10.9. The lowest BCUT2D eigenvalue weighted by Crippen LogP contribution is -2.48. The molecule has 32 heavy (non-hydrogen) atoms. The van der Waals surface area contributed by atoms with Crippen LogP contribution in [0.3, 0.4) is 0 Å². The Morgan fingerprint density at radius 3 is 2.09 bits per heavy atom. The highest BCUT2D eigenvalue weighted by Gasteiger charge is 2.46. The molecule has 1 fully saturated rings. The molecule has 2 aliphatic carbocycles. The van der Waals surface area contributed by atoms with Crippen molar-refractivity contribution in [3.8, 4) is 11.1 Å². The van der Waals surface area contributed by atoms with Crippen LogP contribution in [0.4, 0.5) is 4.79 Å². The average Bonchev–Trinajstić information content (AvgIpc) is 3.42. The van der Waals surface area contributed by atoms with Gasteiger partial charge in [0.05, 0.1) is 5.54 Å². The molecular formula is C25H28N2O5. The largest absolute Gasteiger partial charge is 0.480 e. The lowest BCUT2D eigenvalue weighted by atomic mass is 9.98. The Bertz CT molecular complexity index is 999. The van der Waals surface area contributed by atoms with Gasteiger partial charge < -0.3 is 20.5 Å². The second kappa shape index (κ2) is 8.65. The molecule has 0 spiro atoms. The molecule has 7 nitrogen and oxygen atoms in total. The second-order valence-electron chi connectivity index (χ2n) is 9.04. The third-order valence-electron chi connectivity index (χ3n) is 6.31. The normalized spacial score (nSPS) is 16.6. The van der Waals surface area contributed by atoms with Crippen LogP contribution in [0.15, 0.2) is 48.5 Å². The Kier molecular flexibility index (Phi) is 5.91. The summed E-state index contributed by atoms with van der Waals surface area (Å²) >= 11 is 0. The van der Waals surface area contributed by atoms with Crippen molar-refractivity contribution in [1.82, 2.24) is 10.6 Å². The highest BCUT2D eigenvalue weighted by Crippen LogP contribution is 2.44. The molecule has 0 radical (unpaired) electrons. The maximum atomic E-state index is 12.5. The van der Waals surface area contributed by atoms with Crippen molar-refractivity contribution < 1.29 is 24.2 Å². The zero-order chi connectivity index (χ0) is 22.9. The molecule has 0 aromatic heterocycles. The first kappa shape index (κ1) is 21.9. The van der Waals surface area contributed by atoms with Crippen LogP contribution in [0.2, 0.25) is 0 Å². The van der Waals surface area contributed by atoms with Gasteiger partial charge in [0.15, 0.2) is 0 Å². The van der Waals surface area contributed by atoms with Gasteiger partial charge in [-0.3, -0.25) is 4.79 Å². The number of amides is 2. The van der Waals surface area contributed by atoms with Crippen molar-refractivity contribution >= 4 is 18.0 Å². The minimum absolute atomic E-state index is 0.0334. The number of ether oxygens (including phenoxy) is 1. The lowest BCUT2D eigenvalue weighted by Gasteiger charge is -2.22. The number of aliphatic carboxylic acids is 1. The fraction of sp³-hybridized carbons (Fsp3) is 0.400. The van der Waals surface area contributed by atoms with Crippen LogP contribution in [0, 0.1) is 5.92 Å². The van der Waals surface area contributed by atoms with E-state index < -0.39 is 23.6 Å². The summed E-state index contributed by atoms with van der Waals surface area (Å²) in [5.41, 5.74) is 3.93.